The Bertz CT molecular complexity index is 708. The van der Waals surface area contributed by atoms with Gasteiger partial charge in [0.25, 0.3) is 5.91 Å². The number of para-hydroxylation sites is 1. The van der Waals surface area contributed by atoms with Gasteiger partial charge in [0, 0.05) is 38.1 Å². The maximum absolute atomic E-state index is 13.0. The summed E-state index contributed by atoms with van der Waals surface area (Å²) >= 11 is 0. The maximum Gasteiger partial charge on any atom is 0.250 e. The monoisotopic (exact) mass is 296 g/mol. The lowest BCUT2D eigenvalue weighted by Gasteiger charge is -2.37. The zero-order valence-electron chi connectivity index (χ0n) is 12.8. The van der Waals surface area contributed by atoms with Gasteiger partial charge in [-0.15, -0.1) is 0 Å². The number of hydrogen-bond acceptors (Lipinski definition) is 3. The molecule has 5 heteroatoms. The van der Waals surface area contributed by atoms with Gasteiger partial charge in [0.05, 0.1) is 0 Å². The fraction of sp³-hybridized carbons (Fsp3) is 0.412. The van der Waals surface area contributed by atoms with Crippen LogP contribution in [0.5, 0.6) is 0 Å². The van der Waals surface area contributed by atoms with E-state index in [1.165, 1.54) is 11.3 Å². The van der Waals surface area contributed by atoms with Crippen molar-refractivity contribution in [3.05, 3.63) is 42.1 Å². The minimum atomic E-state index is -0.0561. The van der Waals surface area contributed by atoms with Gasteiger partial charge in [-0.2, -0.15) is 5.10 Å². The Morgan fingerprint density at radius 2 is 2.05 bits per heavy atom. The molecular weight excluding hydrogens is 276 g/mol. The third-order valence-electron chi connectivity index (χ3n) is 4.69. The molecule has 2 aliphatic heterocycles. The minimum Gasteiger partial charge on any atom is -0.359 e. The average molecular weight is 296 g/mol. The van der Waals surface area contributed by atoms with Gasteiger partial charge >= 0.3 is 0 Å². The number of fused-ring (bicyclic) bond motifs is 1. The standard InChI is InChI=1S/C17H20N4O/c1-19-11-9-16(18-19)21-10-4-7-15(17(21)22)20-12-8-13-5-2-3-6-14(13)20/h2-3,5-6,9,11,15H,4,7-8,10,12H2,1H3/t15-/m1/s1. The van der Waals surface area contributed by atoms with Crippen LogP contribution in [0.25, 0.3) is 0 Å². The highest BCUT2D eigenvalue weighted by molar-refractivity contribution is 5.99. The van der Waals surface area contributed by atoms with Crippen molar-refractivity contribution in [1.82, 2.24) is 9.78 Å². The van der Waals surface area contributed by atoms with Crippen LogP contribution in [0.1, 0.15) is 18.4 Å². The van der Waals surface area contributed by atoms with Crippen molar-refractivity contribution in [1.29, 1.82) is 0 Å². The Kier molecular flexibility index (Phi) is 3.13. The molecule has 1 atom stereocenters. The molecule has 0 N–H and O–H groups in total. The summed E-state index contributed by atoms with van der Waals surface area (Å²) in [6.45, 7) is 1.70. The molecule has 0 unspecified atom stereocenters. The van der Waals surface area contributed by atoms with Crippen LogP contribution in [0.4, 0.5) is 11.5 Å². The first-order valence-electron chi connectivity index (χ1n) is 7.89. The number of nitrogens with zero attached hydrogens (tertiary/aromatic N) is 4. The topological polar surface area (TPSA) is 41.4 Å². The van der Waals surface area contributed by atoms with Gasteiger partial charge in [0.15, 0.2) is 5.82 Å². The molecule has 1 aromatic carbocycles. The Balaban J connectivity index is 1.62. The van der Waals surface area contributed by atoms with Crippen LogP contribution in [0.2, 0.25) is 0 Å². The maximum atomic E-state index is 13.0. The second-order valence-electron chi connectivity index (χ2n) is 6.07. The fourth-order valence-corrected chi connectivity index (χ4v) is 3.61. The number of carbonyl (C=O) groups excluding carboxylic acids is 1. The zero-order valence-corrected chi connectivity index (χ0v) is 12.8. The van der Waals surface area contributed by atoms with Gasteiger partial charge in [-0.05, 0) is 30.9 Å². The predicted molar refractivity (Wildman–Crippen MR) is 86.1 cm³/mol. The highest BCUT2D eigenvalue weighted by Gasteiger charge is 2.37. The van der Waals surface area contributed by atoms with E-state index in [9.17, 15) is 4.79 Å². The smallest absolute Gasteiger partial charge is 0.250 e. The van der Waals surface area contributed by atoms with E-state index in [-0.39, 0.29) is 11.9 Å². The molecule has 1 amide bonds. The van der Waals surface area contributed by atoms with Gasteiger partial charge in [0.1, 0.15) is 6.04 Å². The van der Waals surface area contributed by atoms with Gasteiger partial charge in [-0.3, -0.25) is 14.4 Å². The van der Waals surface area contributed by atoms with E-state index in [0.29, 0.717) is 0 Å². The summed E-state index contributed by atoms with van der Waals surface area (Å²) in [4.78, 5) is 17.1. The molecule has 0 aliphatic carbocycles. The number of amides is 1. The Labute approximate surface area is 130 Å². The van der Waals surface area contributed by atoms with Gasteiger partial charge in [-0.25, -0.2) is 0 Å². The molecule has 0 spiro atoms. The molecule has 2 aliphatic rings. The molecular formula is C17H20N4O. The van der Waals surface area contributed by atoms with Crippen molar-refractivity contribution in [2.24, 2.45) is 7.05 Å². The molecule has 4 rings (SSSR count). The van der Waals surface area contributed by atoms with Crippen LogP contribution in [0.3, 0.4) is 0 Å². The van der Waals surface area contributed by atoms with E-state index in [1.54, 1.807) is 4.68 Å². The second-order valence-corrected chi connectivity index (χ2v) is 6.07. The summed E-state index contributed by atoms with van der Waals surface area (Å²) in [7, 11) is 1.88. The first-order valence-corrected chi connectivity index (χ1v) is 7.89. The van der Waals surface area contributed by atoms with Crippen LogP contribution >= 0.6 is 0 Å². The first-order chi connectivity index (χ1) is 10.7. The Morgan fingerprint density at radius 3 is 2.86 bits per heavy atom. The number of carbonyl (C=O) groups is 1. The lowest BCUT2D eigenvalue weighted by Crippen LogP contribution is -2.52. The summed E-state index contributed by atoms with van der Waals surface area (Å²) in [5.41, 5.74) is 2.58. The molecule has 22 heavy (non-hydrogen) atoms. The van der Waals surface area contributed by atoms with Crippen molar-refractivity contribution in [2.45, 2.75) is 25.3 Å². The summed E-state index contributed by atoms with van der Waals surface area (Å²) < 4.78 is 1.75. The van der Waals surface area contributed by atoms with E-state index in [0.717, 1.165) is 38.2 Å². The molecule has 5 nitrogen and oxygen atoms in total. The number of aryl methyl sites for hydroxylation is 1. The SMILES string of the molecule is Cn1ccc(N2CCC[C@@H](N3CCc4ccccc43)C2=O)n1. The van der Waals surface area contributed by atoms with E-state index in [2.05, 4.69) is 34.3 Å². The molecule has 3 heterocycles. The second kappa shape index (κ2) is 5.16. The number of piperidine rings is 1. The number of rotatable bonds is 2. The molecule has 0 saturated carbocycles. The van der Waals surface area contributed by atoms with Gasteiger partial charge in [-0.1, -0.05) is 18.2 Å². The van der Waals surface area contributed by atoms with E-state index in [1.807, 2.05) is 24.2 Å². The lowest BCUT2D eigenvalue weighted by molar-refractivity contribution is -0.121. The van der Waals surface area contributed by atoms with Crippen molar-refractivity contribution in [3.63, 3.8) is 0 Å². The Hall–Kier alpha value is -2.30. The number of aromatic nitrogens is 2. The third-order valence-corrected chi connectivity index (χ3v) is 4.69. The molecule has 0 bridgehead atoms. The highest BCUT2D eigenvalue weighted by atomic mass is 16.2. The zero-order chi connectivity index (χ0) is 15.1. The van der Waals surface area contributed by atoms with Gasteiger partial charge in [0.2, 0.25) is 0 Å². The number of benzene rings is 1. The quantitative estimate of drug-likeness (QED) is 0.851. The minimum absolute atomic E-state index is 0.0561. The summed E-state index contributed by atoms with van der Waals surface area (Å²) in [5.74, 6) is 0.950. The molecule has 2 aromatic rings. The van der Waals surface area contributed by atoms with E-state index >= 15 is 0 Å². The fourth-order valence-electron chi connectivity index (χ4n) is 3.61. The Morgan fingerprint density at radius 1 is 1.18 bits per heavy atom. The largest absolute Gasteiger partial charge is 0.359 e. The molecule has 1 saturated heterocycles. The third kappa shape index (κ3) is 2.08. The highest BCUT2D eigenvalue weighted by Crippen LogP contribution is 2.33. The van der Waals surface area contributed by atoms with E-state index < -0.39 is 0 Å². The molecule has 114 valence electrons. The van der Waals surface area contributed by atoms with Crippen molar-refractivity contribution in [2.75, 3.05) is 22.9 Å². The summed E-state index contributed by atoms with van der Waals surface area (Å²) in [6, 6.07) is 10.3. The molecule has 0 radical (unpaired) electrons. The number of anilines is 2. The first kappa shape index (κ1) is 13.4. The van der Waals surface area contributed by atoms with Crippen molar-refractivity contribution < 1.29 is 4.79 Å². The summed E-state index contributed by atoms with van der Waals surface area (Å²) in [6.07, 6.45) is 4.86. The normalized spacial score (nSPS) is 21.3. The van der Waals surface area contributed by atoms with Gasteiger partial charge < -0.3 is 4.90 Å². The van der Waals surface area contributed by atoms with Crippen LogP contribution in [0.15, 0.2) is 36.5 Å². The van der Waals surface area contributed by atoms with Crippen LogP contribution in [-0.4, -0.2) is 34.8 Å². The van der Waals surface area contributed by atoms with Crippen molar-refractivity contribution in [3.8, 4) is 0 Å². The van der Waals surface area contributed by atoms with Crippen LogP contribution in [0, 0.1) is 0 Å². The van der Waals surface area contributed by atoms with Crippen LogP contribution < -0.4 is 9.80 Å². The predicted octanol–water partition coefficient (Wildman–Crippen LogP) is 1.98. The molecule has 1 fully saturated rings. The lowest BCUT2D eigenvalue weighted by atomic mass is 10.0. The van der Waals surface area contributed by atoms with E-state index in [4.69, 9.17) is 0 Å². The number of hydrogen-bond donors (Lipinski definition) is 0. The summed E-state index contributed by atoms with van der Waals surface area (Å²) in [5, 5.41) is 4.39. The molecule has 1 aromatic heterocycles. The van der Waals surface area contributed by atoms with Crippen molar-refractivity contribution >= 4 is 17.4 Å². The van der Waals surface area contributed by atoms with Crippen LogP contribution in [-0.2, 0) is 18.3 Å². The average Bonchev–Trinajstić information content (AvgIpc) is 3.14.